The Labute approximate surface area is 159 Å². The summed E-state index contributed by atoms with van der Waals surface area (Å²) in [4.78, 5) is 23.1. The van der Waals surface area contributed by atoms with E-state index in [4.69, 9.17) is 0 Å². The third-order valence-electron chi connectivity index (χ3n) is 5.41. The first-order chi connectivity index (χ1) is 13.2. The second-order valence-corrected chi connectivity index (χ2v) is 7.29. The van der Waals surface area contributed by atoms with Gasteiger partial charge in [0, 0.05) is 56.5 Å². The number of hydrogen-bond donors (Lipinski definition) is 0. The van der Waals surface area contributed by atoms with E-state index >= 15 is 0 Å². The fourth-order valence-electron chi connectivity index (χ4n) is 3.72. The van der Waals surface area contributed by atoms with Crippen molar-refractivity contribution in [3.05, 3.63) is 72.3 Å². The van der Waals surface area contributed by atoms with Crippen LogP contribution < -0.4 is 0 Å². The average Bonchev–Trinajstić information content (AvgIpc) is 3.35. The van der Waals surface area contributed by atoms with Crippen molar-refractivity contribution >= 4 is 5.91 Å². The van der Waals surface area contributed by atoms with E-state index in [1.54, 1.807) is 12.5 Å². The summed E-state index contributed by atoms with van der Waals surface area (Å²) in [6.07, 6.45) is 11.5. The van der Waals surface area contributed by atoms with Gasteiger partial charge in [0.2, 0.25) is 0 Å². The molecule has 1 saturated heterocycles. The first-order valence-corrected chi connectivity index (χ1v) is 9.51. The summed E-state index contributed by atoms with van der Waals surface area (Å²) in [6, 6.07) is 7.94. The molecule has 4 rings (SSSR count). The summed E-state index contributed by atoms with van der Waals surface area (Å²) >= 11 is 0. The van der Waals surface area contributed by atoms with Crippen LogP contribution in [0.4, 0.5) is 0 Å². The van der Waals surface area contributed by atoms with E-state index in [-0.39, 0.29) is 5.91 Å². The van der Waals surface area contributed by atoms with Gasteiger partial charge in [-0.1, -0.05) is 12.1 Å². The molecule has 2 aromatic heterocycles. The van der Waals surface area contributed by atoms with Crippen LogP contribution in [0.5, 0.6) is 0 Å². The van der Waals surface area contributed by atoms with Crippen LogP contribution in [0.25, 0.3) is 0 Å². The molecule has 3 heterocycles. The Kier molecular flexibility index (Phi) is 5.05. The number of aryl methyl sites for hydroxylation is 1. The Bertz CT molecular complexity index is 874. The number of piperidine rings is 1. The normalized spacial score (nSPS) is 15.2. The number of aromatic nitrogens is 4. The lowest BCUT2D eigenvalue weighted by Crippen LogP contribution is -2.39. The van der Waals surface area contributed by atoms with Crippen molar-refractivity contribution in [1.29, 1.82) is 0 Å². The number of likely N-dealkylation sites (tertiary alicyclic amines) is 1. The number of hydrogen-bond acceptors (Lipinski definition) is 3. The summed E-state index contributed by atoms with van der Waals surface area (Å²) in [5, 5.41) is 0. The number of carbonyl (C=O) groups excluding carboxylic acids is 1. The van der Waals surface area contributed by atoms with Crippen LogP contribution in [0.2, 0.25) is 0 Å². The Morgan fingerprint density at radius 3 is 2.52 bits per heavy atom. The maximum Gasteiger partial charge on any atom is 0.253 e. The molecular formula is C21H25N5O. The molecule has 1 amide bonds. The second kappa shape index (κ2) is 7.78. The third-order valence-corrected chi connectivity index (χ3v) is 5.41. The fourth-order valence-corrected chi connectivity index (χ4v) is 3.72. The second-order valence-electron chi connectivity index (χ2n) is 7.29. The zero-order valence-corrected chi connectivity index (χ0v) is 15.7. The molecule has 1 fully saturated rings. The molecule has 140 valence electrons. The molecule has 0 saturated carbocycles. The summed E-state index contributed by atoms with van der Waals surface area (Å²) in [7, 11) is 0. The molecule has 0 atom stereocenters. The molecule has 0 unspecified atom stereocenters. The quantitative estimate of drug-likeness (QED) is 0.700. The lowest BCUT2D eigenvalue weighted by atomic mass is 9.96. The van der Waals surface area contributed by atoms with Crippen LogP contribution >= 0.6 is 0 Å². The molecule has 1 aliphatic rings. The number of amides is 1. The Balaban J connectivity index is 1.31. The van der Waals surface area contributed by atoms with Crippen molar-refractivity contribution in [2.24, 2.45) is 5.92 Å². The van der Waals surface area contributed by atoms with Crippen LogP contribution in [0.15, 0.2) is 55.4 Å². The van der Waals surface area contributed by atoms with Crippen LogP contribution in [0, 0.1) is 12.8 Å². The van der Waals surface area contributed by atoms with Crippen molar-refractivity contribution in [2.75, 3.05) is 13.1 Å². The van der Waals surface area contributed by atoms with Gasteiger partial charge in [0.25, 0.3) is 5.91 Å². The largest absolute Gasteiger partial charge is 0.339 e. The molecule has 0 N–H and O–H groups in total. The predicted octanol–water partition coefficient (Wildman–Crippen LogP) is 2.99. The van der Waals surface area contributed by atoms with Crippen molar-refractivity contribution < 1.29 is 4.79 Å². The van der Waals surface area contributed by atoms with Crippen molar-refractivity contribution in [3.8, 4) is 0 Å². The number of rotatable bonds is 5. The van der Waals surface area contributed by atoms with Gasteiger partial charge in [-0.25, -0.2) is 9.97 Å². The van der Waals surface area contributed by atoms with Gasteiger partial charge in [-0.05, 0) is 43.4 Å². The van der Waals surface area contributed by atoms with Crippen molar-refractivity contribution in [1.82, 2.24) is 24.0 Å². The highest BCUT2D eigenvalue weighted by molar-refractivity contribution is 5.94. The first kappa shape index (κ1) is 17.5. The van der Waals surface area contributed by atoms with E-state index in [0.717, 1.165) is 50.4 Å². The summed E-state index contributed by atoms with van der Waals surface area (Å²) in [6.45, 7) is 5.46. The van der Waals surface area contributed by atoms with Gasteiger partial charge >= 0.3 is 0 Å². The predicted molar refractivity (Wildman–Crippen MR) is 103 cm³/mol. The minimum atomic E-state index is 0.140. The molecule has 1 aliphatic heterocycles. The number of nitrogens with zero attached hydrogens (tertiary/aromatic N) is 5. The molecule has 0 spiro atoms. The summed E-state index contributed by atoms with van der Waals surface area (Å²) in [5.41, 5.74) is 1.94. The minimum Gasteiger partial charge on any atom is -0.339 e. The summed E-state index contributed by atoms with van der Waals surface area (Å²) in [5.74, 6) is 1.81. The third kappa shape index (κ3) is 4.10. The van der Waals surface area contributed by atoms with Gasteiger partial charge in [-0.2, -0.15) is 0 Å². The Morgan fingerprint density at radius 2 is 1.89 bits per heavy atom. The van der Waals surface area contributed by atoms with Crippen LogP contribution in [-0.2, 0) is 13.1 Å². The zero-order valence-electron chi connectivity index (χ0n) is 15.7. The smallest absolute Gasteiger partial charge is 0.253 e. The Hall–Kier alpha value is -2.89. The molecule has 6 nitrogen and oxygen atoms in total. The van der Waals surface area contributed by atoms with E-state index < -0.39 is 0 Å². The van der Waals surface area contributed by atoms with E-state index in [1.807, 2.05) is 59.2 Å². The van der Waals surface area contributed by atoms with E-state index in [9.17, 15) is 4.79 Å². The molecule has 0 bridgehead atoms. The van der Waals surface area contributed by atoms with Gasteiger partial charge in [0.1, 0.15) is 5.82 Å². The number of benzene rings is 1. The maximum atomic E-state index is 12.8. The van der Waals surface area contributed by atoms with E-state index in [1.165, 1.54) is 5.56 Å². The van der Waals surface area contributed by atoms with Crippen LogP contribution in [0.1, 0.15) is 34.6 Å². The highest BCUT2D eigenvalue weighted by Crippen LogP contribution is 2.21. The molecule has 6 heteroatoms. The molecule has 27 heavy (non-hydrogen) atoms. The van der Waals surface area contributed by atoms with E-state index in [2.05, 4.69) is 14.5 Å². The lowest BCUT2D eigenvalue weighted by Gasteiger charge is -2.32. The van der Waals surface area contributed by atoms with Gasteiger partial charge in [0.15, 0.2) is 0 Å². The van der Waals surface area contributed by atoms with Crippen LogP contribution in [0.3, 0.4) is 0 Å². The SMILES string of the molecule is Cc1nccn1CC1CCN(C(=O)c2ccc(Cn3ccnc3)cc2)CC1. The van der Waals surface area contributed by atoms with Crippen molar-refractivity contribution in [2.45, 2.75) is 32.9 Å². The van der Waals surface area contributed by atoms with Crippen molar-refractivity contribution in [3.63, 3.8) is 0 Å². The highest BCUT2D eigenvalue weighted by atomic mass is 16.2. The molecular weight excluding hydrogens is 338 g/mol. The topological polar surface area (TPSA) is 56.0 Å². The molecule has 0 aliphatic carbocycles. The van der Waals surface area contributed by atoms with Gasteiger partial charge in [-0.3, -0.25) is 4.79 Å². The zero-order chi connectivity index (χ0) is 18.6. The average molecular weight is 363 g/mol. The molecule has 3 aromatic rings. The monoisotopic (exact) mass is 363 g/mol. The summed E-state index contributed by atoms with van der Waals surface area (Å²) < 4.78 is 4.23. The first-order valence-electron chi connectivity index (χ1n) is 9.51. The number of imidazole rings is 2. The van der Waals surface area contributed by atoms with Gasteiger partial charge in [-0.15, -0.1) is 0 Å². The van der Waals surface area contributed by atoms with Crippen LogP contribution in [-0.4, -0.2) is 43.0 Å². The Morgan fingerprint density at radius 1 is 1.11 bits per heavy atom. The standard InChI is InChI=1S/C21H25N5O/c1-17-23-9-13-26(17)15-19-6-10-25(11-7-19)21(27)20-4-2-18(3-5-20)14-24-12-8-22-16-24/h2-5,8-9,12-13,16,19H,6-7,10-11,14-15H2,1H3. The lowest BCUT2D eigenvalue weighted by molar-refractivity contribution is 0.0682. The molecule has 0 radical (unpaired) electrons. The number of carbonyl (C=O) groups is 1. The highest BCUT2D eigenvalue weighted by Gasteiger charge is 2.24. The maximum absolute atomic E-state index is 12.8. The van der Waals surface area contributed by atoms with Gasteiger partial charge in [0.05, 0.1) is 6.33 Å². The van der Waals surface area contributed by atoms with Gasteiger partial charge < -0.3 is 14.0 Å². The van der Waals surface area contributed by atoms with E-state index in [0.29, 0.717) is 5.92 Å². The fraction of sp³-hybridized carbons (Fsp3) is 0.381. The minimum absolute atomic E-state index is 0.140. The molecule has 1 aromatic carbocycles.